The summed E-state index contributed by atoms with van der Waals surface area (Å²) in [5, 5.41) is 3.57. The lowest BCUT2D eigenvalue weighted by atomic mass is 9.92. The van der Waals surface area contributed by atoms with Gasteiger partial charge in [0.15, 0.2) is 0 Å². The molecule has 0 amide bonds. The van der Waals surface area contributed by atoms with Crippen LogP contribution < -0.4 is 5.32 Å². The van der Waals surface area contributed by atoms with Gasteiger partial charge in [-0.3, -0.25) is 0 Å². The van der Waals surface area contributed by atoms with Gasteiger partial charge < -0.3 is 10.1 Å². The van der Waals surface area contributed by atoms with Gasteiger partial charge in [0, 0.05) is 11.0 Å². The van der Waals surface area contributed by atoms with E-state index in [-0.39, 0.29) is 0 Å². The molecule has 0 aliphatic carbocycles. The van der Waals surface area contributed by atoms with E-state index in [1.54, 1.807) is 0 Å². The Kier molecular flexibility index (Phi) is 6.53. The smallest absolute Gasteiger partial charge is 0.0586 e. The summed E-state index contributed by atoms with van der Waals surface area (Å²) in [5.74, 6) is 0.536. The fourth-order valence-corrected chi connectivity index (χ4v) is 3.34. The van der Waals surface area contributed by atoms with Gasteiger partial charge in [-0.1, -0.05) is 35.0 Å². The Morgan fingerprint density at radius 2 is 2.25 bits per heavy atom. The molecular weight excluding hydrogens is 314 g/mol. The first-order valence-corrected chi connectivity index (χ1v) is 8.60. The molecule has 1 aromatic rings. The molecule has 3 unspecified atom stereocenters. The molecule has 2 rings (SSSR count). The first-order chi connectivity index (χ1) is 9.69. The average molecular weight is 340 g/mol. The number of hydrogen-bond donors (Lipinski definition) is 1. The van der Waals surface area contributed by atoms with Gasteiger partial charge >= 0.3 is 0 Å². The molecule has 1 aliphatic rings. The highest BCUT2D eigenvalue weighted by atomic mass is 79.9. The fraction of sp³-hybridized carbons (Fsp3) is 0.647. The molecule has 1 heterocycles. The van der Waals surface area contributed by atoms with Crippen molar-refractivity contribution in [2.24, 2.45) is 0 Å². The van der Waals surface area contributed by atoms with E-state index < -0.39 is 0 Å². The normalized spacial score (nSPS) is 23.9. The van der Waals surface area contributed by atoms with Crippen molar-refractivity contribution in [2.45, 2.75) is 57.7 Å². The van der Waals surface area contributed by atoms with Crippen molar-refractivity contribution < 1.29 is 4.74 Å². The maximum atomic E-state index is 6.01. The van der Waals surface area contributed by atoms with E-state index in [9.17, 15) is 0 Å². The highest BCUT2D eigenvalue weighted by Crippen LogP contribution is 2.30. The number of ether oxygens (including phenoxy) is 1. The Morgan fingerprint density at radius 1 is 1.40 bits per heavy atom. The van der Waals surface area contributed by atoms with E-state index in [0.717, 1.165) is 24.0 Å². The summed E-state index contributed by atoms with van der Waals surface area (Å²) in [5.41, 5.74) is 1.41. The second-order valence-corrected chi connectivity index (χ2v) is 6.75. The lowest BCUT2D eigenvalue weighted by molar-refractivity contribution is 0.0466. The Bertz CT molecular complexity index is 410. The summed E-state index contributed by atoms with van der Waals surface area (Å²) in [6.45, 7) is 6.53. The van der Waals surface area contributed by atoms with Crippen molar-refractivity contribution in [3.63, 3.8) is 0 Å². The summed E-state index contributed by atoms with van der Waals surface area (Å²) in [4.78, 5) is 0. The first kappa shape index (κ1) is 16.0. The van der Waals surface area contributed by atoms with Crippen LogP contribution in [-0.2, 0) is 4.74 Å². The van der Waals surface area contributed by atoms with Gasteiger partial charge in [-0.2, -0.15) is 0 Å². The Balaban J connectivity index is 2.00. The minimum absolute atomic E-state index is 0.428. The van der Waals surface area contributed by atoms with Crippen LogP contribution in [0.5, 0.6) is 0 Å². The maximum absolute atomic E-state index is 6.01. The van der Waals surface area contributed by atoms with E-state index >= 15 is 0 Å². The summed E-state index contributed by atoms with van der Waals surface area (Å²) < 4.78 is 7.17. The quantitative estimate of drug-likeness (QED) is 0.739. The largest absolute Gasteiger partial charge is 0.375 e. The molecular formula is C17H26BrNO. The zero-order chi connectivity index (χ0) is 14.4. The molecule has 2 nitrogen and oxygen atoms in total. The summed E-state index contributed by atoms with van der Waals surface area (Å²) in [6.07, 6.45) is 5.58. The Morgan fingerprint density at radius 3 is 2.90 bits per heavy atom. The predicted octanol–water partition coefficient (Wildman–Crippen LogP) is 4.49. The average Bonchev–Trinajstić information content (AvgIpc) is 2.83. The van der Waals surface area contributed by atoms with Crippen LogP contribution in [0.25, 0.3) is 0 Å². The van der Waals surface area contributed by atoms with Gasteiger partial charge in [0.1, 0.15) is 0 Å². The topological polar surface area (TPSA) is 21.3 Å². The molecule has 112 valence electrons. The van der Waals surface area contributed by atoms with Crippen molar-refractivity contribution in [3.05, 3.63) is 34.3 Å². The highest BCUT2D eigenvalue weighted by molar-refractivity contribution is 9.10. The lowest BCUT2D eigenvalue weighted by Crippen LogP contribution is -2.25. The molecule has 1 N–H and O–H groups in total. The van der Waals surface area contributed by atoms with Crippen LogP contribution in [0, 0.1) is 0 Å². The molecule has 1 aliphatic heterocycles. The number of halogens is 1. The Hall–Kier alpha value is -0.380. The van der Waals surface area contributed by atoms with E-state index in [4.69, 9.17) is 4.74 Å². The zero-order valence-corrected chi connectivity index (χ0v) is 14.2. The van der Waals surface area contributed by atoms with Crippen molar-refractivity contribution in [2.75, 3.05) is 13.1 Å². The van der Waals surface area contributed by atoms with Gasteiger partial charge in [0.05, 0.1) is 12.2 Å². The summed E-state index contributed by atoms with van der Waals surface area (Å²) >= 11 is 3.58. The molecule has 3 heteroatoms. The summed E-state index contributed by atoms with van der Waals surface area (Å²) in [6, 6.07) is 8.71. The number of rotatable bonds is 7. The van der Waals surface area contributed by atoms with Gasteiger partial charge in [-0.15, -0.1) is 0 Å². The molecule has 20 heavy (non-hydrogen) atoms. The zero-order valence-electron chi connectivity index (χ0n) is 12.6. The fourth-order valence-electron chi connectivity index (χ4n) is 2.93. The van der Waals surface area contributed by atoms with Gasteiger partial charge in [0.2, 0.25) is 0 Å². The SMILES string of the molecule is CCCNCC(CC1CCC(C)O1)c1cccc(Br)c1. The second kappa shape index (κ2) is 8.16. The third-order valence-electron chi connectivity index (χ3n) is 4.00. The minimum Gasteiger partial charge on any atom is -0.375 e. The number of benzene rings is 1. The molecule has 0 aromatic heterocycles. The van der Waals surface area contributed by atoms with Crippen molar-refractivity contribution >= 4 is 15.9 Å². The molecule has 0 bridgehead atoms. The van der Waals surface area contributed by atoms with Crippen molar-refractivity contribution in [3.8, 4) is 0 Å². The minimum atomic E-state index is 0.428. The van der Waals surface area contributed by atoms with Crippen LogP contribution in [0.15, 0.2) is 28.7 Å². The van der Waals surface area contributed by atoms with Gasteiger partial charge in [-0.05, 0) is 62.8 Å². The standard InChI is InChI=1S/C17H26BrNO/c1-3-9-19-12-15(11-17-8-7-13(2)20-17)14-5-4-6-16(18)10-14/h4-6,10,13,15,17,19H,3,7-9,11-12H2,1-2H3. The molecule has 1 aromatic carbocycles. The summed E-state index contributed by atoms with van der Waals surface area (Å²) in [7, 11) is 0. The number of hydrogen-bond acceptors (Lipinski definition) is 2. The molecule has 0 radical (unpaired) electrons. The van der Waals surface area contributed by atoms with Crippen LogP contribution in [0.4, 0.5) is 0 Å². The molecule has 0 saturated carbocycles. The van der Waals surface area contributed by atoms with Crippen LogP contribution in [0.1, 0.15) is 51.0 Å². The molecule has 0 spiro atoms. The molecule has 3 atom stereocenters. The van der Waals surface area contributed by atoms with Crippen LogP contribution in [0.3, 0.4) is 0 Å². The first-order valence-electron chi connectivity index (χ1n) is 7.80. The Labute approximate surface area is 131 Å². The van der Waals surface area contributed by atoms with Crippen LogP contribution in [0.2, 0.25) is 0 Å². The van der Waals surface area contributed by atoms with Crippen LogP contribution in [-0.4, -0.2) is 25.3 Å². The van der Waals surface area contributed by atoms with Gasteiger partial charge in [0.25, 0.3) is 0 Å². The molecule has 1 saturated heterocycles. The third kappa shape index (κ3) is 4.87. The van der Waals surface area contributed by atoms with E-state index in [2.05, 4.69) is 59.4 Å². The van der Waals surface area contributed by atoms with Crippen molar-refractivity contribution in [1.29, 1.82) is 0 Å². The van der Waals surface area contributed by atoms with Crippen molar-refractivity contribution in [1.82, 2.24) is 5.32 Å². The second-order valence-electron chi connectivity index (χ2n) is 5.84. The third-order valence-corrected chi connectivity index (χ3v) is 4.50. The monoisotopic (exact) mass is 339 g/mol. The maximum Gasteiger partial charge on any atom is 0.0586 e. The van der Waals surface area contributed by atoms with E-state index in [0.29, 0.717) is 18.1 Å². The van der Waals surface area contributed by atoms with E-state index in [1.807, 2.05) is 0 Å². The van der Waals surface area contributed by atoms with Crippen LogP contribution >= 0.6 is 15.9 Å². The number of nitrogens with one attached hydrogen (secondary N) is 1. The lowest BCUT2D eigenvalue weighted by Gasteiger charge is -2.22. The highest BCUT2D eigenvalue weighted by Gasteiger charge is 2.25. The van der Waals surface area contributed by atoms with Gasteiger partial charge in [-0.25, -0.2) is 0 Å². The predicted molar refractivity (Wildman–Crippen MR) is 88.2 cm³/mol. The van der Waals surface area contributed by atoms with E-state index in [1.165, 1.54) is 24.8 Å². The molecule has 1 fully saturated rings.